The summed E-state index contributed by atoms with van der Waals surface area (Å²) in [5.41, 5.74) is 1.37. The van der Waals surface area contributed by atoms with Crippen LogP contribution in [-0.4, -0.2) is 29.5 Å². The maximum atomic E-state index is 12.0. The number of rotatable bonds is 5. The van der Waals surface area contributed by atoms with Crippen LogP contribution in [0, 0.1) is 6.92 Å². The summed E-state index contributed by atoms with van der Waals surface area (Å²) < 4.78 is 0. The molecular weight excluding hydrogens is 214 g/mol. The Morgan fingerprint density at radius 2 is 2.06 bits per heavy atom. The number of unbranched alkanes of at least 4 members (excludes halogenated alkanes) is 2. The van der Waals surface area contributed by atoms with Gasteiger partial charge in [-0.25, -0.2) is 0 Å². The fourth-order valence-corrected chi connectivity index (χ4v) is 1.71. The van der Waals surface area contributed by atoms with Gasteiger partial charge in [-0.15, -0.1) is 0 Å². The van der Waals surface area contributed by atoms with Crippen molar-refractivity contribution in [3.05, 3.63) is 29.3 Å². The molecule has 0 saturated carbocycles. The molecule has 0 saturated heterocycles. The zero-order valence-electron chi connectivity index (χ0n) is 10.9. The zero-order valence-corrected chi connectivity index (χ0v) is 10.9. The van der Waals surface area contributed by atoms with Crippen LogP contribution in [0.25, 0.3) is 0 Å². The summed E-state index contributed by atoms with van der Waals surface area (Å²) in [6.45, 7) is 4.72. The molecule has 0 aliphatic rings. The normalized spacial score (nSPS) is 10.3. The predicted octanol–water partition coefficient (Wildman–Crippen LogP) is 2.96. The number of aromatic hydroxyl groups is 1. The first-order valence-corrected chi connectivity index (χ1v) is 6.11. The van der Waals surface area contributed by atoms with Crippen molar-refractivity contribution in [2.45, 2.75) is 33.1 Å². The highest BCUT2D eigenvalue weighted by molar-refractivity contribution is 5.94. The van der Waals surface area contributed by atoms with Gasteiger partial charge < -0.3 is 10.0 Å². The third-order valence-electron chi connectivity index (χ3n) is 2.89. The second-order valence-corrected chi connectivity index (χ2v) is 4.44. The van der Waals surface area contributed by atoms with Gasteiger partial charge in [0.2, 0.25) is 0 Å². The second kappa shape index (κ2) is 6.28. The lowest BCUT2D eigenvalue weighted by molar-refractivity contribution is 0.0792. The standard InChI is InChI=1S/C14H21NO2/c1-4-5-6-9-15(3)14(17)12-7-8-13(16)11(2)10-12/h7-8,10,16H,4-6,9H2,1-3H3. The van der Waals surface area contributed by atoms with E-state index in [1.165, 1.54) is 0 Å². The summed E-state index contributed by atoms with van der Waals surface area (Å²) >= 11 is 0. The molecule has 1 amide bonds. The van der Waals surface area contributed by atoms with E-state index in [-0.39, 0.29) is 11.7 Å². The number of carbonyl (C=O) groups is 1. The summed E-state index contributed by atoms with van der Waals surface area (Å²) in [5.74, 6) is 0.249. The third kappa shape index (κ3) is 3.77. The minimum Gasteiger partial charge on any atom is -0.508 e. The number of benzene rings is 1. The quantitative estimate of drug-likeness (QED) is 0.797. The molecule has 0 aliphatic heterocycles. The van der Waals surface area contributed by atoms with Gasteiger partial charge in [-0.1, -0.05) is 19.8 Å². The van der Waals surface area contributed by atoms with Crippen molar-refractivity contribution in [1.82, 2.24) is 4.90 Å². The maximum absolute atomic E-state index is 12.0. The number of amides is 1. The summed E-state index contributed by atoms with van der Waals surface area (Å²) in [6.07, 6.45) is 3.34. The molecule has 0 aromatic heterocycles. The molecule has 1 aromatic carbocycles. The number of carbonyl (C=O) groups excluding carboxylic acids is 1. The van der Waals surface area contributed by atoms with Gasteiger partial charge >= 0.3 is 0 Å². The third-order valence-corrected chi connectivity index (χ3v) is 2.89. The van der Waals surface area contributed by atoms with Crippen molar-refractivity contribution in [1.29, 1.82) is 0 Å². The van der Waals surface area contributed by atoms with Crippen LogP contribution in [-0.2, 0) is 0 Å². The summed E-state index contributed by atoms with van der Waals surface area (Å²) in [5, 5.41) is 9.41. The molecule has 0 unspecified atom stereocenters. The van der Waals surface area contributed by atoms with Crippen molar-refractivity contribution in [2.75, 3.05) is 13.6 Å². The number of phenols is 1. The Labute approximate surface area is 103 Å². The molecule has 3 nitrogen and oxygen atoms in total. The van der Waals surface area contributed by atoms with Gasteiger partial charge in [0.15, 0.2) is 0 Å². The molecule has 1 aromatic rings. The van der Waals surface area contributed by atoms with Crippen LogP contribution in [0.5, 0.6) is 5.75 Å². The smallest absolute Gasteiger partial charge is 0.253 e. The van der Waals surface area contributed by atoms with Gasteiger partial charge in [-0.2, -0.15) is 0 Å². The molecule has 94 valence electrons. The first-order chi connectivity index (χ1) is 8.06. The number of aryl methyl sites for hydroxylation is 1. The Hall–Kier alpha value is -1.51. The van der Waals surface area contributed by atoms with Gasteiger partial charge in [-0.3, -0.25) is 4.79 Å². The van der Waals surface area contributed by atoms with Crippen molar-refractivity contribution in [3.63, 3.8) is 0 Å². The topological polar surface area (TPSA) is 40.5 Å². The van der Waals surface area contributed by atoms with Crippen LogP contribution in [0.4, 0.5) is 0 Å². The highest BCUT2D eigenvalue weighted by Gasteiger charge is 2.11. The largest absolute Gasteiger partial charge is 0.508 e. The molecule has 0 aliphatic carbocycles. The van der Waals surface area contributed by atoms with Gasteiger partial charge in [0, 0.05) is 19.2 Å². The van der Waals surface area contributed by atoms with E-state index in [0.29, 0.717) is 5.56 Å². The molecule has 3 heteroatoms. The summed E-state index contributed by atoms with van der Waals surface area (Å²) in [6, 6.07) is 4.97. The molecule has 0 radical (unpaired) electrons. The van der Waals surface area contributed by atoms with E-state index in [9.17, 15) is 9.90 Å². The molecule has 0 bridgehead atoms. The van der Waals surface area contributed by atoms with E-state index in [1.807, 2.05) is 7.05 Å². The van der Waals surface area contributed by atoms with Gasteiger partial charge in [-0.05, 0) is 37.1 Å². The highest BCUT2D eigenvalue weighted by Crippen LogP contribution is 2.17. The van der Waals surface area contributed by atoms with Crippen LogP contribution in [0.15, 0.2) is 18.2 Å². The van der Waals surface area contributed by atoms with E-state index in [4.69, 9.17) is 0 Å². The fraction of sp³-hybridized carbons (Fsp3) is 0.500. The van der Waals surface area contributed by atoms with Crippen LogP contribution in [0.1, 0.15) is 42.1 Å². The van der Waals surface area contributed by atoms with E-state index in [2.05, 4.69) is 6.92 Å². The molecular formula is C14H21NO2. The van der Waals surface area contributed by atoms with Crippen molar-refractivity contribution in [3.8, 4) is 5.75 Å². The summed E-state index contributed by atoms with van der Waals surface area (Å²) in [4.78, 5) is 13.8. The second-order valence-electron chi connectivity index (χ2n) is 4.44. The minimum atomic E-state index is 0.0178. The average molecular weight is 235 g/mol. The monoisotopic (exact) mass is 235 g/mol. The van der Waals surface area contributed by atoms with Crippen molar-refractivity contribution >= 4 is 5.91 Å². The number of hydrogen-bond donors (Lipinski definition) is 1. The molecule has 0 atom stereocenters. The first kappa shape index (κ1) is 13.6. The zero-order chi connectivity index (χ0) is 12.8. The van der Waals surface area contributed by atoms with Crippen molar-refractivity contribution < 1.29 is 9.90 Å². The SMILES string of the molecule is CCCCCN(C)C(=O)c1ccc(O)c(C)c1. The van der Waals surface area contributed by atoms with E-state index < -0.39 is 0 Å². The maximum Gasteiger partial charge on any atom is 0.253 e. The lowest BCUT2D eigenvalue weighted by atomic mass is 10.1. The lowest BCUT2D eigenvalue weighted by Crippen LogP contribution is -2.27. The van der Waals surface area contributed by atoms with Gasteiger partial charge in [0.05, 0.1) is 0 Å². The average Bonchev–Trinajstić information content (AvgIpc) is 2.32. The number of phenolic OH excluding ortho intramolecular Hbond substituents is 1. The summed E-state index contributed by atoms with van der Waals surface area (Å²) in [7, 11) is 1.82. The lowest BCUT2D eigenvalue weighted by Gasteiger charge is -2.17. The van der Waals surface area contributed by atoms with Crippen LogP contribution < -0.4 is 0 Å². The molecule has 0 fully saturated rings. The fourth-order valence-electron chi connectivity index (χ4n) is 1.71. The Bertz CT molecular complexity index is 388. The van der Waals surface area contributed by atoms with E-state index >= 15 is 0 Å². The van der Waals surface area contributed by atoms with Gasteiger partial charge in [0.1, 0.15) is 5.75 Å². The van der Waals surface area contributed by atoms with Crippen LogP contribution in [0.2, 0.25) is 0 Å². The van der Waals surface area contributed by atoms with Gasteiger partial charge in [0.25, 0.3) is 5.91 Å². The number of hydrogen-bond acceptors (Lipinski definition) is 2. The highest BCUT2D eigenvalue weighted by atomic mass is 16.3. The first-order valence-electron chi connectivity index (χ1n) is 6.11. The Morgan fingerprint density at radius 3 is 2.65 bits per heavy atom. The van der Waals surface area contributed by atoms with Crippen molar-refractivity contribution in [2.24, 2.45) is 0 Å². The Kier molecular flexibility index (Phi) is 5.01. The van der Waals surface area contributed by atoms with Crippen LogP contribution in [0.3, 0.4) is 0 Å². The molecule has 17 heavy (non-hydrogen) atoms. The van der Waals surface area contributed by atoms with E-state index in [0.717, 1.165) is 31.4 Å². The molecule has 0 spiro atoms. The molecule has 1 rings (SSSR count). The minimum absolute atomic E-state index is 0.0178. The predicted molar refractivity (Wildman–Crippen MR) is 69.3 cm³/mol. The number of nitrogens with zero attached hydrogens (tertiary/aromatic N) is 1. The molecule has 1 N–H and O–H groups in total. The Balaban J connectivity index is 2.65. The van der Waals surface area contributed by atoms with Crippen LogP contribution >= 0.6 is 0 Å². The van der Waals surface area contributed by atoms with E-state index in [1.54, 1.807) is 30.0 Å². The molecule has 0 heterocycles. The Morgan fingerprint density at radius 1 is 1.35 bits per heavy atom.